The van der Waals surface area contributed by atoms with Crippen LogP contribution in [0.15, 0.2) is 10.6 Å². The van der Waals surface area contributed by atoms with Gasteiger partial charge in [-0.1, -0.05) is 0 Å². The minimum atomic E-state index is 0.0172. The summed E-state index contributed by atoms with van der Waals surface area (Å²) < 4.78 is 5.70. The average Bonchev–Trinajstić information content (AvgIpc) is 2.96. The summed E-state index contributed by atoms with van der Waals surface area (Å²) >= 11 is 0. The number of hydrogen-bond acceptors (Lipinski definition) is 4. The van der Waals surface area contributed by atoms with Crippen molar-refractivity contribution in [2.45, 2.75) is 63.6 Å². The van der Waals surface area contributed by atoms with Crippen LogP contribution in [0.5, 0.6) is 0 Å². The molecule has 0 radical (unpaired) electrons. The molecule has 0 aromatic carbocycles. The van der Waals surface area contributed by atoms with Gasteiger partial charge in [0.1, 0.15) is 5.76 Å². The Morgan fingerprint density at radius 3 is 2.91 bits per heavy atom. The van der Waals surface area contributed by atoms with Crippen LogP contribution in [0.2, 0.25) is 0 Å². The van der Waals surface area contributed by atoms with E-state index in [1.165, 1.54) is 38.8 Å². The van der Waals surface area contributed by atoms with Crippen LogP contribution >= 0.6 is 0 Å². The quantitative estimate of drug-likeness (QED) is 0.925. The molecule has 1 aromatic rings. The van der Waals surface area contributed by atoms with E-state index < -0.39 is 0 Å². The van der Waals surface area contributed by atoms with Crippen molar-refractivity contribution in [2.75, 3.05) is 19.6 Å². The number of amides is 2. The minimum Gasteiger partial charge on any atom is -0.444 e. The molecule has 3 heterocycles. The van der Waals surface area contributed by atoms with E-state index in [1.54, 1.807) is 6.20 Å². The summed E-state index contributed by atoms with van der Waals surface area (Å²) in [6, 6.07) is 0.853. The van der Waals surface area contributed by atoms with Crippen molar-refractivity contribution in [1.29, 1.82) is 0 Å². The van der Waals surface area contributed by atoms with Crippen LogP contribution in [0.4, 0.5) is 4.79 Å². The van der Waals surface area contributed by atoms with E-state index in [2.05, 4.69) is 22.1 Å². The van der Waals surface area contributed by atoms with Gasteiger partial charge in [0.05, 0.1) is 12.7 Å². The number of carbonyl (C=O) groups excluding carboxylic acids is 1. The molecule has 1 saturated carbocycles. The van der Waals surface area contributed by atoms with Gasteiger partial charge in [-0.3, -0.25) is 4.90 Å². The molecule has 6 nitrogen and oxygen atoms in total. The molecule has 0 spiro atoms. The molecule has 126 valence electrons. The number of aromatic nitrogens is 1. The number of nitrogens with one attached hydrogen (secondary N) is 1. The molecule has 2 amide bonds. The van der Waals surface area contributed by atoms with Gasteiger partial charge in [0.25, 0.3) is 0 Å². The normalized spacial score (nSPS) is 28.5. The summed E-state index contributed by atoms with van der Waals surface area (Å²) in [5.74, 6) is 2.10. The smallest absolute Gasteiger partial charge is 0.318 e. The Bertz CT molecular complexity index is 563. The summed E-state index contributed by atoms with van der Waals surface area (Å²) in [7, 11) is 0. The third-order valence-corrected chi connectivity index (χ3v) is 5.38. The van der Waals surface area contributed by atoms with Crippen LogP contribution < -0.4 is 5.32 Å². The molecule has 0 bridgehead atoms. The van der Waals surface area contributed by atoms with Crippen LogP contribution in [0.3, 0.4) is 0 Å². The Morgan fingerprint density at radius 2 is 2.17 bits per heavy atom. The third kappa shape index (κ3) is 3.22. The number of urea groups is 1. The van der Waals surface area contributed by atoms with E-state index in [9.17, 15) is 4.79 Å². The van der Waals surface area contributed by atoms with Gasteiger partial charge >= 0.3 is 6.03 Å². The van der Waals surface area contributed by atoms with E-state index in [0.717, 1.165) is 24.6 Å². The second-order valence-electron chi connectivity index (χ2n) is 7.23. The van der Waals surface area contributed by atoms with Gasteiger partial charge in [-0.05, 0) is 52.1 Å². The summed E-state index contributed by atoms with van der Waals surface area (Å²) in [5, 5.41) is 2.99. The molecular weight excluding hydrogens is 292 g/mol. The molecule has 0 unspecified atom stereocenters. The molecule has 2 atom stereocenters. The van der Waals surface area contributed by atoms with Crippen molar-refractivity contribution in [3.8, 4) is 0 Å². The van der Waals surface area contributed by atoms with E-state index in [0.29, 0.717) is 24.5 Å². The summed E-state index contributed by atoms with van der Waals surface area (Å²) in [6.07, 6.45) is 7.78. The van der Waals surface area contributed by atoms with Gasteiger partial charge in [0, 0.05) is 24.5 Å². The first-order valence-electron chi connectivity index (χ1n) is 8.94. The number of rotatable bonds is 4. The zero-order valence-electron chi connectivity index (χ0n) is 13.8. The van der Waals surface area contributed by atoms with Gasteiger partial charge in [-0.2, -0.15) is 0 Å². The van der Waals surface area contributed by atoms with Gasteiger partial charge in [-0.15, -0.1) is 0 Å². The number of hydrogen-bond donors (Lipinski definition) is 1. The molecule has 1 aromatic heterocycles. The maximum Gasteiger partial charge on any atom is 0.318 e. The first-order valence-corrected chi connectivity index (χ1v) is 8.94. The molecule has 1 aliphatic carbocycles. The zero-order chi connectivity index (χ0) is 15.8. The maximum absolute atomic E-state index is 12.5. The monoisotopic (exact) mass is 318 g/mol. The zero-order valence-corrected chi connectivity index (χ0v) is 13.8. The lowest BCUT2D eigenvalue weighted by Gasteiger charge is -2.24. The lowest BCUT2D eigenvalue weighted by atomic mass is 10.2. The molecule has 4 rings (SSSR count). The van der Waals surface area contributed by atoms with Gasteiger partial charge < -0.3 is 14.6 Å². The van der Waals surface area contributed by atoms with Crippen molar-refractivity contribution in [3.05, 3.63) is 17.8 Å². The fourth-order valence-corrected chi connectivity index (χ4v) is 3.84. The van der Waals surface area contributed by atoms with Crippen molar-refractivity contribution < 1.29 is 9.21 Å². The Balaban J connectivity index is 1.29. The van der Waals surface area contributed by atoms with E-state index >= 15 is 0 Å². The average molecular weight is 318 g/mol. The van der Waals surface area contributed by atoms with Gasteiger partial charge in [0.2, 0.25) is 0 Å². The Labute approximate surface area is 137 Å². The number of nitrogens with zero attached hydrogens (tertiary/aromatic N) is 3. The van der Waals surface area contributed by atoms with Crippen molar-refractivity contribution >= 4 is 6.03 Å². The van der Waals surface area contributed by atoms with E-state index in [1.807, 2.05) is 4.90 Å². The highest BCUT2D eigenvalue weighted by atomic mass is 16.4. The fourth-order valence-electron chi connectivity index (χ4n) is 3.84. The minimum absolute atomic E-state index is 0.0172. The molecule has 3 fully saturated rings. The van der Waals surface area contributed by atoms with Crippen LogP contribution in [0.25, 0.3) is 0 Å². The van der Waals surface area contributed by atoms with Crippen molar-refractivity contribution in [2.24, 2.45) is 0 Å². The second-order valence-corrected chi connectivity index (χ2v) is 7.23. The molecule has 1 N–H and O–H groups in total. The highest BCUT2D eigenvalue weighted by molar-refractivity contribution is 5.74. The molecule has 23 heavy (non-hydrogen) atoms. The third-order valence-electron chi connectivity index (χ3n) is 5.38. The lowest BCUT2D eigenvalue weighted by Crippen LogP contribution is -2.43. The van der Waals surface area contributed by atoms with Gasteiger partial charge in [-0.25, -0.2) is 9.78 Å². The van der Waals surface area contributed by atoms with E-state index in [-0.39, 0.29) is 6.03 Å². The summed E-state index contributed by atoms with van der Waals surface area (Å²) in [5.41, 5.74) is 0. The van der Waals surface area contributed by atoms with Crippen molar-refractivity contribution in [1.82, 2.24) is 20.1 Å². The van der Waals surface area contributed by atoms with Crippen LogP contribution in [0.1, 0.15) is 56.6 Å². The lowest BCUT2D eigenvalue weighted by molar-refractivity contribution is 0.188. The highest BCUT2D eigenvalue weighted by Gasteiger charge is 2.36. The van der Waals surface area contributed by atoms with Gasteiger partial charge in [0.15, 0.2) is 5.89 Å². The molecular formula is C17H26N4O2. The molecule has 2 saturated heterocycles. The number of likely N-dealkylation sites (tertiary alicyclic amines) is 2. The largest absolute Gasteiger partial charge is 0.444 e. The maximum atomic E-state index is 12.5. The van der Waals surface area contributed by atoms with Crippen LogP contribution in [-0.4, -0.2) is 52.5 Å². The molecule has 3 aliphatic rings. The Morgan fingerprint density at radius 1 is 1.39 bits per heavy atom. The molecule has 6 heteroatoms. The first-order chi connectivity index (χ1) is 11.2. The molecule has 2 aliphatic heterocycles. The number of oxazole rings is 1. The number of carbonyl (C=O) groups is 1. The fraction of sp³-hybridized carbons (Fsp3) is 0.765. The highest BCUT2D eigenvalue weighted by Crippen LogP contribution is 2.39. The summed E-state index contributed by atoms with van der Waals surface area (Å²) in [6.45, 7) is 5.80. The SMILES string of the molecule is C[C@H]1C[C@H](N2CCCC2)CN1C(=O)NCc1cnc(C2CC2)o1. The standard InChI is InChI=1S/C17H26N4O2/c1-12-8-14(20-6-2-3-7-20)11-21(12)17(22)19-10-15-9-18-16(23-15)13-4-5-13/h9,12-14H,2-8,10-11H2,1H3,(H,19,22)/t12-,14-/m0/s1. The van der Waals surface area contributed by atoms with Crippen molar-refractivity contribution in [3.63, 3.8) is 0 Å². The first kappa shape index (κ1) is 15.0. The Kier molecular flexibility index (Phi) is 4.01. The predicted octanol–water partition coefficient (Wildman–Crippen LogP) is 2.32. The van der Waals surface area contributed by atoms with Crippen LogP contribution in [-0.2, 0) is 6.54 Å². The van der Waals surface area contributed by atoms with Crippen LogP contribution in [0, 0.1) is 0 Å². The Hall–Kier alpha value is -1.56. The predicted molar refractivity (Wildman–Crippen MR) is 86.1 cm³/mol. The second kappa shape index (κ2) is 6.15. The summed E-state index contributed by atoms with van der Waals surface area (Å²) in [4.78, 5) is 21.3. The van der Waals surface area contributed by atoms with E-state index in [4.69, 9.17) is 4.42 Å². The topological polar surface area (TPSA) is 61.6 Å².